The molecule has 0 saturated carbocycles. The molecule has 9 amide bonds. The fourth-order valence-corrected chi connectivity index (χ4v) is 5.32. The molecule has 10 N–H and O–H groups in total. The Kier molecular flexibility index (Phi) is 28.8. The molecule has 1 rings (SSSR count). The summed E-state index contributed by atoms with van der Waals surface area (Å²) in [7, 11) is 0. The molecule has 0 saturated heterocycles. The third-order valence-corrected chi connectivity index (χ3v) is 8.94. The molecule has 0 fully saturated rings. The average Bonchev–Trinajstić information content (AvgIpc) is 3.27. The van der Waals surface area contributed by atoms with Crippen LogP contribution in [0.1, 0.15) is 101 Å². The standard InChI is InChI=1S/C40H63N9O15/c1-29(50)47(61)21-8-2-5-18-41-32(51)14-16-37(56)48(62)22-9-3-6-19-42-33(52)15-17-38(57)49(63)23-10-4-7-20-43-36(55)28-64-31-13-11-12-30(24-31)40(60)46-26-35(54)44-25-34(53)45-27-39(58)59/h11-13,24,61-63H,2-10,14-23,25-28H2,1H3,(H,41,51)(H,42,52)(H,43,55)(H,44,54)(H,45,53)(H,46,60)(H,58,59). The second-order valence-electron chi connectivity index (χ2n) is 14.4. The molecule has 0 aliphatic heterocycles. The summed E-state index contributed by atoms with van der Waals surface area (Å²) in [5.41, 5.74) is 0.140. The maximum absolute atomic E-state index is 12.4. The fourth-order valence-electron chi connectivity index (χ4n) is 5.32. The van der Waals surface area contributed by atoms with Gasteiger partial charge in [-0.2, -0.15) is 0 Å². The Morgan fingerprint density at radius 1 is 0.516 bits per heavy atom. The van der Waals surface area contributed by atoms with E-state index in [-0.39, 0.29) is 75.1 Å². The van der Waals surface area contributed by atoms with Crippen LogP contribution in [0.25, 0.3) is 0 Å². The highest BCUT2D eigenvalue weighted by atomic mass is 16.5. The highest BCUT2D eigenvalue weighted by Crippen LogP contribution is 2.13. The Labute approximate surface area is 370 Å². The van der Waals surface area contributed by atoms with E-state index in [9.17, 15) is 63.6 Å². The van der Waals surface area contributed by atoms with Crippen molar-refractivity contribution in [3.05, 3.63) is 29.8 Å². The maximum Gasteiger partial charge on any atom is 0.322 e. The summed E-state index contributed by atoms with van der Waals surface area (Å²) in [6.45, 7) is 0.691. The van der Waals surface area contributed by atoms with Gasteiger partial charge >= 0.3 is 5.97 Å². The van der Waals surface area contributed by atoms with Crippen molar-refractivity contribution in [3.63, 3.8) is 0 Å². The van der Waals surface area contributed by atoms with Crippen LogP contribution in [-0.4, -0.2) is 161 Å². The van der Waals surface area contributed by atoms with Crippen molar-refractivity contribution in [2.24, 2.45) is 0 Å². The number of carboxylic acid groups (broad SMARTS) is 1. The number of amides is 9. The number of carboxylic acids is 1. The van der Waals surface area contributed by atoms with Crippen molar-refractivity contribution >= 4 is 59.1 Å². The van der Waals surface area contributed by atoms with Gasteiger partial charge in [0.2, 0.25) is 41.4 Å². The molecule has 24 heteroatoms. The second-order valence-corrected chi connectivity index (χ2v) is 14.4. The van der Waals surface area contributed by atoms with Crippen LogP contribution >= 0.6 is 0 Å². The van der Waals surface area contributed by atoms with Gasteiger partial charge in [-0.25, -0.2) is 15.2 Å². The molecule has 358 valence electrons. The number of benzene rings is 1. The molecule has 0 bridgehead atoms. The van der Waals surface area contributed by atoms with Crippen LogP contribution in [0.5, 0.6) is 5.75 Å². The molecule has 0 atom stereocenters. The monoisotopic (exact) mass is 909 g/mol. The van der Waals surface area contributed by atoms with Gasteiger partial charge in [0.05, 0.1) is 13.1 Å². The van der Waals surface area contributed by atoms with Crippen LogP contribution < -0.4 is 36.6 Å². The second kappa shape index (κ2) is 33.2. The van der Waals surface area contributed by atoms with E-state index < -0.39 is 67.0 Å². The van der Waals surface area contributed by atoms with E-state index in [1.54, 1.807) is 0 Å². The maximum atomic E-state index is 12.4. The minimum absolute atomic E-state index is 0.0338. The highest BCUT2D eigenvalue weighted by Gasteiger charge is 2.16. The zero-order valence-corrected chi connectivity index (χ0v) is 36.2. The molecule has 1 aromatic rings. The third kappa shape index (κ3) is 28.2. The predicted octanol–water partition coefficient (Wildman–Crippen LogP) is -0.795. The first-order valence-electron chi connectivity index (χ1n) is 21.0. The van der Waals surface area contributed by atoms with Gasteiger partial charge in [0, 0.05) is 77.4 Å². The molecule has 24 nitrogen and oxygen atoms in total. The Morgan fingerprint density at radius 2 is 0.969 bits per heavy atom. The number of nitrogens with one attached hydrogen (secondary N) is 6. The summed E-state index contributed by atoms with van der Waals surface area (Å²) in [6.07, 6.45) is 4.48. The number of nitrogens with zero attached hydrogens (tertiary/aromatic N) is 3. The number of carbonyl (C=O) groups excluding carboxylic acids is 9. The summed E-state index contributed by atoms with van der Waals surface area (Å²) in [6, 6.07) is 5.87. The first-order valence-corrected chi connectivity index (χ1v) is 21.0. The zero-order valence-electron chi connectivity index (χ0n) is 36.2. The number of hydrogen-bond donors (Lipinski definition) is 10. The fraction of sp³-hybridized carbons (Fsp3) is 0.600. The van der Waals surface area contributed by atoms with E-state index in [0.29, 0.717) is 92.6 Å². The Hall–Kier alpha value is -6.40. The van der Waals surface area contributed by atoms with Gasteiger partial charge in [-0.15, -0.1) is 0 Å². The van der Waals surface area contributed by atoms with Gasteiger partial charge in [-0.1, -0.05) is 6.07 Å². The summed E-state index contributed by atoms with van der Waals surface area (Å²) in [5.74, 6) is -5.82. The number of hydroxylamine groups is 6. The van der Waals surface area contributed by atoms with Crippen LogP contribution in [-0.2, 0) is 43.2 Å². The molecule has 0 aromatic heterocycles. The van der Waals surface area contributed by atoms with Crippen LogP contribution in [0, 0.1) is 0 Å². The van der Waals surface area contributed by atoms with E-state index in [1.807, 2.05) is 0 Å². The SMILES string of the molecule is CC(=O)N(O)CCCCCNC(=O)CCC(=O)N(O)CCCCCNC(=O)CCC(=O)N(O)CCCCCNC(=O)COc1cccc(C(=O)NCC(=O)NCC(=O)NCC(=O)O)c1. The molecule has 0 spiro atoms. The first-order chi connectivity index (χ1) is 30.5. The molecule has 0 aliphatic carbocycles. The van der Waals surface area contributed by atoms with Crippen molar-refractivity contribution < 1.29 is 73.4 Å². The van der Waals surface area contributed by atoms with Gasteiger partial charge in [0.1, 0.15) is 12.3 Å². The lowest BCUT2D eigenvalue weighted by Gasteiger charge is -2.15. The van der Waals surface area contributed by atoms with E-state index in [4.69, 9.17) is 9.84 Å². The lowest BCUT2D eigenvalue weighted by molar-refractivity contribution is -0.166. The Morgan fingerprint density at radius 3 is 1.45 bits per heavy atom. The highest BCUT2D eigenvalue weighted by molar-refractivity contribution is 5.97. The zero-order chi connectivity index (χ0) is 47.7. The number of aliphatic carboxylic acids is 1. The number of rotatable bonds is 34. The minimum Gasteiger partial charge on any atom is -0.484 e. The molecular formula is C40H63N9O15. The predicted molar refractivity (Wildman–Crippen MR) is 223 cm³/mol. The molecule has 0 radical (unpaired) electrons. The van der Waals surface area contributed by atoms with Crippen molar-refractivity contribution in [2.45, 2.75) is 90.4 Å². The van der Waals surface area contributed by atoms with Gasteiger partial charge in [-0.3, -0.25) is 63.6 Å². The lowest BCUT2D eigenvalue weighted by atomic mass is 10.2. The number of carbonyl (C=O) groups is 10. The van der Waals surface area contributed by atoms with Crippen LogP contribution in [0.3, 0.4) is 0 Å². The van der Waals surface area contributed by atoms with Crippen molar-refractivity contribution in [2.75, 3.05) is 65.5 Å². The van der Waals surface area contributed by atoms with Crippen molar-refractivity contribution in [1.82, 2.24) is 47.1 Å². The van der Waals surface area contributed by atoms with Gasteiger partial charge < -0.3 is 41.7 Å². The van der Waals surface area contributed by atoms with Gasteiger partial charge in [-0.05, 0) is 76.0 Å². The number of hydrogen-bond acceptors (Lipinski definition) is 14. The van der Waals surface area contributed by atoms with Crippen LogP contribution in [0.2, 0.25) is 0 Å². The average molecular weight is 910 g/mol. The third-order valence-electron chi connectivity index (χ3n) is 8.94. The number of unbranched alkanes of at least 4 members (excludes halogenated alkanes) is 6. The molecule has 0 unspecified atom stereocenters. The van der Waals surface area contributed by atoms with Gasteiger partial charge in [0.15, 0.2) is 6.61 Å². The number of ether oxygens (including phenoxy) is 1. The van der Waals surface area contributed by atoms with E-state index in [1.165, 1.54) is 31.2 Å². The molecule has 64 heavy (non-hydrogen) atoms. The first kappa shape index (κ1) is 55.6. The van der Waals surface area contributed by atoms with E-state index in [0.717, 1.165) is 0 Å². The smallest absolute Gasteiger partial charge is 0.322 e. The Bertz CT molecular complexity index is 1700. The lowest BCUT2D eigenvalue weighted by Crippen LogP contribution is -2.42. The molecule has 0 heterocycles. The van der Waals surface area contributed by atoms with Gasteiger partial charge in [0.25, 0.3) is 11.8 Å². The molecule has 1 aromatic carbocycles. The topological polar surface area (TPSA) is 343 Å². The quantitative estimate of drug-likeness (QED) is 0.0230. The largest absolute Gasteiger partial charge is 0.484 e. The normalized spacial score (nSPS) is 10.4. The minimum atomic E-state index is -1.24. The summed E-state index contributed by atoms with van der Waals surface area (Å²) in [5, 5.41) is 54.3. The summed E-state index contributed by atoms with van der Waals surface area (Å²) < 4.78 is 5.45. The summed E-state index contributed by atoms with van der Waals surface area (Å²) >= 11 is 0. The molecular weight excluding hydrogens is 846 g/mol. The Balaban J connectivity index is 2.10. The van der Waals surface area contributed by atoms with E-state index in [2.05, 4.69) is 31.9 Å². The van der Waals surface area contributed by atoms with Crippen molar-refractivity contribution in [1.29, 1.82) is 0 Å². The summed E-state index contributed by atoms with van der Waals surface area (Å²) in [4.78, 5) is 118. The van der Waals surface area contributed by atoms with E-state index >= 15 is 0 Å². The van der Waals surface area contributed by atoms with Crippen molar-refractivity contribution in [3.8, 4) is 5.75 Å². The van der Waals surface area contributed by atoms with Crippen LogP contribution in [0.15, 0.2) is 24.3 Å². The van der Waals surface area contributed by atoms with Crippen LogP contribution in [0.4, 0.5) is 0 Å². The molecule has 0 aliphatic rings.